The average molecular weight is 212 g/mol. The van der Waals surface area contributed by atoms with Gasteiger partial charge in [0.05, 0.1) is 0 Å². The lowest BCUT2D eigenvalue weighted by Crippen LogP contribution is -2.47. The molecule has 1 rings (SSSR count). The van der Waals surface area contributed by atoms with Crippen LogP contribution in [0.5, 0.6) is 0 Å². The van der Waals surface area contributed by atoms with Gasteiger partial charge in [0.25, 0.3) is 0 Å². The van der Waals surface area contributed by atoms with E-state index in [1.807, 2.05) is 13.8 Å². The summed E-state index contributed by atoms with van der Waals surface area (Å²) in [4.78, 5) is 34.9. The molecule has 0 aliphatic carbocycles. The Morgan fingerprint density at radius 3 is 2.20 bits per heavy atom. The van der Waals surface area contributed by atoms with Gasteiger partial charge in [0.2, 0.25) is 17.7 Å². The molecule has 1 heterocycles. The number of rotatable bonds is 3. The molecule has 0 unspecified atom stereocenters. The second kappa shape index (κ2) is 4.00. The number of nitrogens with two attached hydrogens (primary N) is 1. The lowest BCUT2D eigenvalue weighted by Gasteiger charge is -2.34. The molecule has 1 aliphatic heterocycles. The highest BCUT2D eigenvalue weighted by Gasteiger charge is 2.37. The summed E-state index contributed by atoms with van der Waals surface area (Å²) in [5.41, 5.74) is 4.70. The Labute approximate surface area is 88.6 Å². The third-order valence-electron chi connectivity index (χ3n) is 2.44. The molecule has 0 aromatic heterocycles. The Bertz CT molecular complexity index is 290. The molecule has 0 saturated carbocycles. The van der Waals surface area contributed by atoms with Crippen LogP contribution in [0.2, 0.25) is 0 Å². The number of primary amides is 1. The minimum atomic E-state index is -0.500. The molecule has 84 valence electrons. The van der Waals surface area contributed by atoms with Crippen molar-refractivity contribution in [2.24, 2.45) is 11.1 Å². The second-order valence-corrected chi connectivity index (χ2v) is 4.67. The monoisotopic (exact) mass is 212 g/mol. The summed E-state index contributed by atoms with van der Waals surface area (Å²) in [7, 11) is 0. The Balaban J connectivity index is 2.63. The van der Waals surface area contributed by atoms with Gasteiger partial charge in [-0.15, -0.1) is 0 Å². The molecule has 1 saturated heterocycles. The maximum atomic E-state index is 11.6. The Morgan fingerprint density at radius 1 is 1.33 bits per heavy atom. The zero-order valence-corrected chi connectivity index (χ0v) is 9.08. The third-order valence-corrected chi connectivity index (χ3v) is 2.44. The summed E-state index contributed by atoms with van der Waals surface area (Å²) in [6.07, 6.45) is 0.729. The van der Waals surface area contributed by atoms with Crippen molar-refractivity contribution in [1.82, 2.24) is 4.90 Å². The molecule has 5 heteroatoms. The molecule has 2 N–H and O–H groups in total. The van der Waals surface area contributed by atoms with Crippen molar-refractivity contribution in [3.05, 3.63) is 0 Å². The lowest BCUT2D eigenvalue weighted by molar-refractivity contribution is -0.152. The first-order valence-electron chi connectivity index (χ1n) is 4.93. The number of hydrogen-bond donors (Lipinski definition) is 1. The van der Waals surface area contributed by atoms with Gasteiger partial charge in [-0.3, -0.25) is 19.3 Å². The van der Waals surface area contributed by atoms with Crippen LogP contribution in [-0.2, 0) is 14.4 Å². The van der Waals surface area contributed by atoms with E-state index in [9.17, 15) is 14.4 Å². The van der Waals surface area contributed by atoms with Crippen molar-refractivity contribution in [2.75, 3.05) is 6.54 Å². The number of piperidine rings is 1. The number of carbonyl (C=O) groups excluding carboxylic acids is 3. The van der Waals surface area contributed by atoms with Crippen molar-refractivity contribution < 1.29 is 14.4 Å². The largest absolute Gasteiger partial charge is 0.370 e. The van der Waals surface area contributed by atoms with Crippen molar-refractivity contribution >= 4 is 17.7 Å². The highest BCUT2D eigenvalue weighted by molar-refractivity contribution is 5.98. The first kappa shape index (κ1) is 11.7. The van der Waals surface area contributed by atoms with E-state index in [4.69, 9.17) is 5.73 Å². The average Bonchev–Trinajstić information content (AvgIpc) is 1.98. The van der Waals surface area contributed by atoms with Crippen LogP contribution in [0.25, 0.3) is 0 Å². The van der Waals surface area contributed by atoms with Gasteiger partial charge in [0.1, 0.15) is 0 Å². The fourth-order valence-corrected chi connectivity index (χ4v) is 1.68. The van der Waals surface area contributed by atoms with Crippen LogP contribution in [0.15, 0.2) is 0 Å². The molecule has 1 fully saturated rings. The van der Waals surface area contributed by atoms with Crippen LogP contribution < -0.4 is 5.73 Å². The molecule has 5 nitrogen and oxygen atoms in total. The number of nitrogens with zero attached hydrogens (tertiary/aromatic N) is 1. The van der Waals surface area contributed by atoms with Crippen molar-refractivity contribution in [1.29, 1.82) is 0 Å². The number of hydrogen-bond acceptors (Lipinski definition) is 3. The van der Waals surface area contributed by atoms with Gasteiger partial charge in [-0.25, -0.2) is 0 Å². The van der Waals surface area contributed by atoms with E-state index in [0.717, 1.165) is 4.90 Å². The van der Waals surface area contributed by atoms with Gasteiger partial charge in [0, 0.05) is 25.8 Å². The van der Waals surface area contributed by atoms with Crippen molar-refractivity contribution in [3.8, 4) is 0 Å². The highest BCUT2D eigenvalue weighted by atomic mass is 16.2. The van der Waals surface area contributed by atoms with E-state index >= 15 is 0 Å². The molecule has 3 amide bonds. The number of carbonyl (C=O) groups is 3. The van der Waals surface area contributed by atoms with Crippen LogP contribution in [0.3, 0.4) is 0 Å². The highest BCUT2D eigenvalue weighted by Crippen LogP contribution is 2.31. The van der Waals surface area contributed by atoms with E-state index in [0.29, 0.717) is 12.8 Å². The zero-order chi connectivity index (χ0) is 11.6. The van der Waals surface area contributed by atoms with Gasteiger partial charge in [-0.2, -0.15) is 0 Å². The van der Waals surface area contributed by atoms with E-state index < -0.39 is 5.91 Å². The Kier molecular flexibility index (Phi) is 3.12. The maximum absolute atomic E-state index is 11.6. The van der Waals surface area contributed by atoms with Crippen LogP contribution in [0.1, 0.15) is 33.1 Å². The minimum Gasteiger partial charge on any atom is -0.370 e. The topological polar surface area (TPSA) is 80.5 Å². The van der Waals surface area contributed by atoms with E-state index in [-0.39, 0.29) is 30.2 Å². The van der Waals surface area contributed by atoms with E-state index in [1.54, 1.807) is 0 Å². The Morgan fingerprint density at radius 2 is 1.80 bits per heavy atom. The SMILES string of the molecule is CC1(C)CC(=O)N(CCC(N)=O)C(=O)C1. The van der Waals surface area contributed by atoms with Gasteiger partial charge in [0.15, 0.2) is 0 Å². The molecule has 0 bridgehead atoms. The van der Waals surface area contributed by atoms with Crippen LogP contribution in [-0.4, -0.2) is 29.2 Å². The van der Waals surface area contributed by atoms with Gasteiger partial charge >= 0.3 is 0 Å². The molecular weight excluding hydrogens is 196 g/mol. The molecule has 1 aliphatic rings. The number of amides is 3. The maximum Gasteiger partial charge on any atom is 0.229 e. The predicted molar refractivity (Wildman–Crippen MR) is 53.5 cm³/mol. The summed E-state index contributed by atoms with van der Waals surface area (Å²) in [5.74, 6) is -0.921. The fourth-order valence-electron chi connectivity index (χ4n) is 1.68. The Hall–Kier alpha value is -1.39. The van der Waals surface area contributed by atoms with Crippen molar-refractivity contribution in [2.45, 2.75) is 33.1 Å². The molecule has 0 aromatic carbocycles. The third kappa shape index (κ3) is 3.04. The summed E-state index contributed by atoms with van der Waals surface area (Å²) in [6, 6.07) is 0. The molecule has 0 aromatic rings. The molecular formula is C10H16N2O3. The molecule has 0 atom stereocenters. The summed E-state index contributed by atoms with van der Waals surface area (Å²) in [5, 5.41) is 0. The fraction of sp³-hybridized carbons (Fsp3) is 0.700. The van der Waals surface area contributed by atoms with E-state index in [2.05, 4.69) is 0 Å². The van der Waals surface area contributed by atoms with Crippen LogP contribution >= 0.6 is 0 Å². The minimum absolute atomic E-state index is 0.0396. The van der Waals surface area contributed by atoms with Crippen LogP contribution in [0.4, 0.5) is 0 Å². The normalized spacial score (nSPS) is 20.5. The number of imide groups is 1. The second-order valence-electron chi connectivity index (χ2n) is 4.67. The zero-order valence-electron chi connectivity index (χ0n) is 9.08. The van der Waals surface area contributed by atoms with E-state index in [1.165, 1.54) is 0 Å². The van der Waals surface area contributed by atoms with Gasteiger partial charge in [-0.05, 0) is 5.41 Å². The van der Waals surface area contributed by atoms with Crippen LogP contribution in [0, 0.1) is 5.41 Å². The quantitative estimate of drug-likeness (QED) is 0.670. The summed E-state index contributed by atoms with van der Waals surface area (Å²) < 4.78 is 0. The standard InChI is InChI=1S/C10H16N2O3/c1-10(2)5-8(14)12(9(15)6-10)4-3-7(11)13/h3-6H2,1-2H3,(H2,11,13). The van der Waals surface area contributed by atoms with Gasteiger partial charge in [-0.1, -0.05) is 13.8 Å². The molecule has 0 radical (unpaired) electrons. The van der Waals surface area contributed by atoms with Crippen molar-refractivity contribution in [3.63, 3.8) is 0 Å². The number of likely N-dealkylation sites (tertiary alicyclic amines) is 1. The first-order chi connectivity index (χ1) is 6.82. The first-order valence-corrected chi connectivity index (χ1v) is 4.93. The van der Waals surface area contributed by atoms with Gasteiger partial charge < -0.3 is 5.73 Å². The summed E-state index contributed by atoms with van der Waals surface area (Å²) in [6.45, 7) is 3.88. The molecule has 0 spiro atoms. The smallest absolute Gasteiger partial charge is 0.229 e. The predicted octanol–water partition coefficient (Wildman–Crippen LogP) is 0.0370. The molecule has 15 heavy (non-hydrogen) atoms. The lowest BCUT2D eigenvalue weighted by atomic mass is 9.82. The summed E-state index contributed by atoms with van der Waals surface area (Å²) >= 11 is 0.